The van der Waals surface area contributed by atoms with Crippen molar-refractivity contribution in [2.75, 3.05) is 10.6 Å². The Kier molecular flexibility index (Phi) is 5.64. The van der Waals surface area contributed by atoms with E-state index in [-0.39, 0.29) is 5.69 Å². The molecule has 0 saturated carbocycles. The number of hydrogen-bond donors (Lipinski definition) is 2. The number of nitrogens with zero attached hydrogens (tertiary/aromatic N) is 3. The number of nitriles is 1. The van der Waals surface area contributed by atoms with Crippen LogP contribution in [0.25, 0.3) is 0 Å². The number of carbonyl (C=O) groups is 1. The molecule has 0 bridgehead atoms. The molecule has 3 rings (SSSR count). The van der Waals surface area contributed by atoms with Crippen LogP contribution in [0, 0.1) is 18.3 Å². The molecule has 1 heterocycles. The number of rotatable bonds is 5. The zero-order valence-electron chi connectivity index (χ0n) is 14.5. The van der Waals surface area contributed by atoms with Gasteiger partial charge in [0.15, 0.2) is 0 Å². The summed E-state index contributed by atoms with van der Waals surface area (Å²) in [5, 5.41) is 15.6. The Morgan fingerprint density at radius 1 is 1.15 bits per heavy atom. The summed E-state index contributed by atoms with van der Waals surface area (Å²) >= 11 is 6.15. The largest absolute Gasteiger partial charge is 0.350 e. The van der Waals surface area contributed by atoms with Crippen molar-refractivity contribution in [3.05, 3.63) is 82.1 Å². The fourth-order valence-electron chi connectivity index (χ4n) is 2.46. The number of halogens is 1. The average molecular weight is 378 g/mol. The van der Waals surface area contributed by atoms with Crippen LogP contribution in [0.15, 0.2) is 54.6 Å². The van der Waals surface area contributed by atoms with Crippen LogP contribution < -0.4 is 10.6 Å². The van der Waals surface area contributed by atoms with Gasteiger partial charge in [-0.1, -0.05) is 41.9 Å². The quantitative estimate of drug-likeness (QED) is 0.696. The fraction of sp³-hybridized carbons (Fsp3) is 0.100. The predicted molar refractivity (Wildman–Crippen MR) is 105 cm³/mol. The predicted octanol–water partition coefficient (Wildman–Crippen LogP) is 4.17. The summed E-state index contributed by atoms with van der Waals surface area (Å²) < 4.78 is 0. The molecule has 7 heteroatoms. The van der Waals surface area contributed by atoms with Gasteiger partial charge in [-0.2, -0.15) is 5.26 Å². The number of para-hydroxylation sites is 1. The van der Waals surface area contributed by atoms with Crippen LogP contribution >= 0.6 is 11.6 Å². The number of aromatic nitrogens is 2. The number of nitrogens with one attached hydrogen (secondary N) is 2. The van der Waals surface area contributed by atoms with E-state index in [2.05, 4.69) is 20.6 Å². The number of anilines is 2. The van der Waals surface area contributed by atoms with Crippen molar-refractivity contribution in [2.45, 2.75) is 13.5 Å². The molecule has 134 valence electrons. The number of amides is 1. The Balaban J connectivity index is 1.77. The van der Waals surface area contributed by atoms with Crippen LogP contribution in [0.3, 0.4) is 0 Å². The maximum absolute atomic E-state index is 12.6. The molecule has 0 unspecified atom stereocenters. The molecule has 6 nitrogen and oxygen atoms in total. The lowest BCUT2D eigenvalue weighted by atomic mass is 10.2. The van der Waals surface area contributed by atoms with Crippen molar-refractivity contribution in [1.29, 1.82) is 5.26 Å². The molecule has 0 saturated heterocycles. The zero-order valence-corrected chi connectivity index (χ0v) is 15.3. The summed E-state index contributed by atoms with van der Waals surface area (Å²) in [6.07, 6.45) is 0. The van der Waals surface area contributed by atoms with Crippen molar-refractivity contribution in [2.24, 2.45) is 0 Å². The van der Waals surface area contributed by atoms with Crippen molar-refractivity contribution < 1.29 is 4.79 Å². The number of carbonyl (C=O) groups excluding carboxylic acids is 1. The molecule has 0 aliphatic heterocycles. The van der Waals surface area contributed by atoms with Crippen LogP contribution in [0.4, 0.5) is 11.6 Å². The Morgan fingerprint density at radius 2 is 1.89 bits per heavy atom. The standard InChI is InChI=1S/C20H16ClN5O/c1-13-10-18(19(27)25-17-9-5-3-6-14(17)11-22)26-20(24-13)23-12-15-7-2-4-8-16(15)21/h2-10H,12H2,1H3,(H,25,27)(H,23,24,26). The second-order valence-electron chi connectivity index (χ2n) is 5.77. The van der Waals surface area contributed by atoms with Gasteiger partial charge in [0.05, 0.1) is 11.3 Å². The van der Waals surface area contributed by atoms with Crippen molar-refractivity contribution in [1.82, 2.24) is 9.97 Å². The third-order valence-corrected chi connectivity index (χ3v) is 4.15. The fourth-order valence-corrected chi connectivity index (χ4v) is 2.66. The van der Waals surface area contributed by atoms with Gasteiger partial charge in [0.1, 0.15) is 11.8 Å². The highest BCUT2D eigenvalue weighted by Gasteiger charge is 2.13. The van der Waals surface area contributed by atoms with Crippen molar-refractivity contribution in [3.8, 4) is 6.07 Å². The Labute approximate surface area is 161 Å². The third kappa shape index (κ3) is 4.60. The van der Waals surface area contributed by atoms with Crippen molar-refractivity contribution in [3.63, 3.8) is 0 Å². The van der Waals surface area contributed by atoms with Gasteiger partial charge in [-0.15, -0.1) is 0 Å². The van der Waals surface area contributed by atoms with Gasteiger partial charge in [0.2, 0.25) is 5.95 Å². The second kappa shape index (κ2) is 8.30. The molecule has 0 aliphatic carbocycles. The summed E-state index contributed by atoms with van der Waals surface area (Å²) in [6, 6.07) is 17.9. The van der Waals surface area contributed by atoms with Crippen LogP contribution in [-0.2, 0) is 6.54 Å². The van der Waals surface area contributed by atoms with Gasteiger partial charge >= 0.3 is 0 Å². The van der Waals surface area contributed by atoms with Gasteiger partial charge in [-0.3, -0.25) is 4.79 Å². The maximum Gasteiger partial charge on any atom is 0.274 e. The van der Waals surface area contributed by atoms with Gasteiger partial charge < -0.3 is 10.6 Å². The lowest BCUT2D eigenvalue weighted by molar-refractivity contribution is 0.102. The van der Waals surface area contributed by atoms with E-state index in [1.807, 2.05) is 24.3 Å². The summed E-state index contributed by atoms with van der Waals surface area (Å²) in [6.45, 7) is 2.21. The van der Waals surface area contributed by atoms with E-state index in [1.165, 1.54) is 0 Å². The third-order valence-electron chi connectivity index (χ3n) is 3.78. The Morgan fingerprint density at radius 3 is 2.67 bits per heavy atom. The molecular formula is C20H16ClN5O. The van der Waals surface area contributed by atoms with E-state index < -0.39 is 5.91 Å². The average Bonchev–Trinajstić information content (AvgIpc) is 2.67. The SMILES string of the molecule is Cc1cc(C(=O)Nc2ccccc2C#N)nc(NCc2ccccc2Cl)n1. The topological polar surface area (TPSA) is 90.7 Å². The van der Waals surface area contributed by atoms with Crippen LogP contribution in [-0.4, -0.2) is 15.9 Å². The van der Waals surface area contributed by atoms with E-state index in [0.717, 1.165) is 5.56 Å². The Bertz CT molecular complexity index is 1030. The molecule has 3 aromatic rings. The molecule has 0 spiro atoms. The summed E-state index contributed by atoms with van der Waals surface area (Å²) in [5.74, 6) is -0.0855. The smallest absolute Gasteiger partial charge is 0.274 e. The molecular weight excluding hydrogens is 362 g/mol. The first-order chi connectivity index (χ1) is 13.1. The minimum absolute atomic E-state index is 0.205. The number of benzene rings is 2. The maximum atomic E-state index is 12.6. The van der Waals surface area contributed by atoms with Gasteiger partial charge in [-0.25, -0.2) is 9.97 Å². The van der Waals surface area contributed by atoms with Gasteiger partial charge in [-0.05, 0) is 36.8 Å². The molecule has 0 aliphatic rings. The van der Waals surface area contributed by atoms with Crippen LogP contribution in [0.5, 0.6) is 0 Å². The number of aryl methyl sites for hydroxylation is 1. The van der Waals surface area contributed by atoms with Crippen LogP contribution in [0.2, 0.25) is 5.02 Å². The molecule has 1 aromatic heterocycles. The Hall–Kier alpha value is -3.43. The molecule has 2 aromatic carbocycles. The van der Waals surface area contributed by atoms with Crippen molar-refractivity contribution >= 4 is 29.1 Å². The first kappa shape index (κ1) is 18.4. The minimum atomic E-state index is -0.413. The first-order valence-corrected chi connectivity index (χ1v) is 8.58. The highest BCUT2D eigenvalue weighted by atomic mass is 35.5. The highest BCUT2D eigenvalue weighted by Crippen LogP contribution is 2.17. The lowest BCUT2D eigenvalue weighted by Gasteiger charge is -2.10. The molecule has 27 heavy (non-hydrogen) atoms. The van der Waals surface area contributed by atoms with E-state index in [4.69, 9.17) is 16.9 Å². The molecule has 0 radical (unpaired) electrons. The molecule has 1 amide bonds. The van der Waals surface area contributed by atoms with E-state index in [9.17, 15) is 4.79 Å². The molecule has 0 fully saturated rings. The summed E-state index contributed by atoms with van der Waals surface area (Å²) in [5.41, 5.74) is 2.57. The summed E-state index contributed by atoms with van der Waals surface area (Å²) in [4.78, 5) is 21.1. The highest BCUT2D eigenvalue weighted by molar-refractivity contribution is 6.31. The normalized spacial score (nSPS) is 10.1. The lowest BCUT2D eigenvalue weighted by Crippen LogP contribution is -2.16. The zero-order chi connectivity index (χ0) is 19.2. The monoisotopic (exact) mass is 377 g/mol. The van der Waals surface area contributed by atoms with Crippen LogP contribution in [0.1, 0.15) is 27.3 Å². The van der Waals surface area contributed by atoms with E-state index in [0.29, 0.717) is 34.5 Å². The van der Waals surface area contributed by atoms with E-state index in [1.54, 1.807) is 43.3 Å². The van der Waals surface area contributed by atoms with Gasteiger partial charge in [0, 0.05) is 17.3 Å². The molecule has 2 N–H and O–H groups in total. The minimum Gasteiger partial charge on any atom is -0.350 e. The summed E-state index contributed by atoms with van der Waals surface area (Å²) in [7, 11) is 0. The molecule has 0 atom stereocenters. The second-order valence-corrected chi connectivity index (χ2v) is 6.18. The first-order valence-electron chi connectivity index (χ1n) is 8.20. The number of hydrogen-bond acceptors (Lipinski definition) is 5. The van der Waals surface area contributed by atoms with E-state index >= 15 is 0 Å². The van der Waals surface area contributed by atoms with Gasteiger partial charge in [0.25, 0.3) is 5.91 Å².